The van der Waals surface area contributed by atoms with E-state index in [1.807, 2.05) is 91.5 Å². The van der Waals surface area contributed by atoms with Gasteiger partial charge in [-0.2, -0.15) is 0 Å². The molecule has 0 spiro atoms. The minimum Gasteiger partial charge on any atom is -0.351 e. The van der Waals surface area contributed by atoms with E-state index in [1.54, 1.807) is 10.6 Å². The van der Waals surface area contributed by atoms with Crippen LogP contribution in [0.15, 0.2) is 79.1 Å². The molecule has 0 unspecified atom stereocenters. The standard InChI is InChI=1S/C27H30N4O2/c1-29-17-8-13-25(29)26(32)28-16-14-21(19-20-9-5-4-6-10-20)31(3)27(33)23-11-7-12-24-22(23)15-18-30(24)2/h4-13,15,17-18,21H,14,16,19H2,1-3H3,(H,28,32)/t21-/m1/s1. The molecule has 33 heavy (non-hydrogen) atoms. The fourth-order valence-electron chi connectivity index (χ4n) is 4.30. The summed E-state index contributed by atoms with van der Waals surface area (Å²) in [4.78, 5) is 27.9. The summed E-state index contributed by atoms with van der Waals surface area (Å²) < 4.78 is 3.82. The van der Waals surface area contributed by atoms with Crippen LogP contribution in [0.1, 0.15) is 32.8 Å². The lowest BCUT2D eigenvalue weighted by atomic mass is 10.0. The third kappa shape index (κ3) is 4.85. The summed E-state index contributed by atoms with van der Waals surface area (Å²) in [5.74, 6) is -0.120. The maximum absolute atomic E-state index is 13.6. The van der Waals surface area contributed by atoms with Crippen molar-refractivity contribution in [1.82, 2.24) is 19.4 Å². The Morgan fingerprint density at radius 1 is 0.909 bits per heavy atom. The summed E-state index contributed by atoms with van der Waals surface area (Å²) in [5.41, 5.74) is 3.51. The van der Waals surface area contributed by atoms with E-state index in [-0.39, 0.29) is 17.9 Å². The number of amides is 2. The molecule has 2 aromatic carbocycles. The predicted molar refractivity (Wildman–Crippen MR) is 131 cm³/mol. The zero-order valence-electron chi connectivity index (χ0n) is 19.4. The number of benzene rings is 2. The van der Waals surface area contributed by atoms with Gasteiger partial charge in [0.05, 0.1) is 0 Å². The van der Waals surface area contributed by atoms with Crippen LogP contribution in [-0.2, 0) is 20.5 Å². The van der Waals surface area contributed by atoms with E-state index in [2.05, 4.69) is 17.4 Å². The highest BCUT2D eigenvalue weighted by molar-refractivity contribution is 6.06. The fraction of sp³-hybridized carbons (Fsp3) is 0.259. The molecule has 2 amide bonds. The van der Waals surface area contributed by atoms with Gasteiger partial charge in [-0.25, -0.2) is 0 Å². The molecule has 0 saturated carbocycles. The summed E-state index contributed by atoms with van der Waals surface area (Å²) in [6.07, 6.45) is 5.19. The van der Waals surface area contributed by atoms with Crippen molar-refractivity contribution in [1.29, 1.82) is 0 Å². The van der Waals surface area contributed by atoms with E-state index < -0.39 is 0 Å². The summed E-state index contributed by atoms with van der Waals surface area (Å²) in [6.45, 7) is 0.481. The van der Waals surface area contributed by atoms with Gasteiger partial charge >= 0.3 is 0 Å². The summed E-state index contributed by atoms with van der Waals surface area (Å²) >= 11 is 0. The number of nitrogens with zero attached hydrogens (tertiary/aromatic N) is 3. The zero-order chi connectivity index (χ0) is 23.4. The molecule has 0 saturated heterocycles. The van der Waals surface area contributed by atoms with E-state index in [9.17, 15) is 9.59 Å². The molecule has 0 aliphatic carbocycles. The van der Waals surface area contributed by atoms with Crippen molar-refractivity contribution in [2.75, 3.05) is 13.6 Å². The maximum Gasteiger partial charge on any atom is 0.267 e. The maximum atomic E-state index is 13.6. The van der Waals surface area contributed by atoms with Crippen LogP contribution in [-0.4, -0.2) is 45.5 Å². The van der Waals surface area contributed by atoms with Crippen molar-refractivity contribution in [3.8, 4) is 0 Å². The Balaban J connectivity index is 1.52. The number of likely N-dealkylation sites (N-methyl/N-ethyl adjacent to an activating group) is 1. The molecule has 0 bridgehead atoms. The zero-order valence-corrected chi connectivity index (χ0v) is 19.4. The van der Waals surface area contributed by atoms with E-state index in [1.165, 1.54) is 0 Å². The van der Waals surface area contributed by atoms with Crippen molar-refractivity contribution >= 4 is 22.7 Å². The number of hydrogen-bond acceptors (Lipinski definition) is 2. The number of hydrogen-bond donors (Lipinski definition) is 1. The van der Waals surface area contributed by atoms with Gasteiger partial charge in [0.2, 0.25) is 0 Å². The first kappa shape index (κ1) is 22.4. The topological polar surface area (TPSA) is 59.3 Å². The normalized spacial score (nSPS) is 12.0. The minimum atomic E-state index is -0.107. The molecule has 1 atom stereocenters. The number of fused-ring (bicyclic) bond motifs is 1. The van der Waals surface area contributed by atoms with Crippen LogP contribution in [0.25, 0.3) is 10.9 Å². The number of nitrogens with one attached hydrogen (secondary N) is 1. The van der Waals surface area contributed by atoms with Crippen molar-refractivity contribution in [2.45, 2.75) is 18.9 Å². The first-order valence-electron chi connectivity index (χ1n) is 11.2. The Labute approximate surface area is 194 Å². The van der Waals surface area contributed by atoms with Crippen LogP contribution in [0.4, 0.5) is 0 Å². The quantitative estimate of drug-likeness (QED) is 0.448. The van der Waals surface area contributed by atoms with Gasteiger partial charge in [-0.05, 0) is 48.7 Å². The lowest BCUT2D eigenvalue weighted by Crippen LogP contribution is -2.41. The fourth-order valence-corrected chi connectivity index (χ4v) is 4.30. The monoisotopic (exact) mass is 442 g/mol. The molecule has 4 rings (SSSR count). The second kappa shape index (κ2) is 9.77. The van der Waals surface area contributed by atoms with Crippen LogP contribution in [0.2, 0.25) is 0 Å². The second-order valence-corrected chi connectivity index (χ2v) is 8.47. The van der Waals surface area contributed by atoms with Crippen molar-refractivity contribution < 1.29 is 9.59 Å². The third-order valence-electron chi connectivity index (χ3n) is 6.28. The smallest absolute Gasteiger partial charge is 0.267 e. The molecule has 0 fully saturated rings. The number of carbonyl (C=O) groups excluding carboxylic acids is 2. The molecule has 0 aliphatic rings. The van der Waals surface area contributed by atoms with Crippen LogP contribution in [0.3, 0.4) is 0 Å². The Morgan fingerprint density at radius 2 is 1.70 bits per heavy atom. The van der Waals surface area contributed by atoms with Gasteiger partial charge < -0.3 is 19.4 Å². The van der Waals surface area contributed by atoms with Gasteiger partial charge in [0.25, 0.3) is 11.8 Å². The van der Waals surface area contributed by atoms with Gasteiger partial charge in [0.15, 0.2) is 0 Å². The van der Waals surface area contributed by atoms with E-state index in [4.69, 9.17) is 0 Å². The van der Waals surface area contributed by atoms with Gasteiger partial charge in [-0.1, -0.05) is 36.4 Å². The third-order valence-corrected chi connectivity index (χ3v) is 6.28. The summed E-state index contributed by atoms with van der Waals surface area (Å²) in [7, 11) is 5.69. The van der Waals surface area contributed by atoms with Crippen LogP contribution in [0, 0.1) is 0 Å². The average molecular weight is 443 g/mol. The van der Waals surface area contributed by atoms with E-state index >= 15 is 0 Å². The average Bonchev–Trinajstić information content (AvgIpc) is 3.43. The Morgan fingerprint density at radius 3 is 2.42 bits per heavy atom. The molecule has 2 aromatic heterocycles. The van der Waals surface area contributed by atoms with Crippen molar-refractivity contribution in [3.63, 3.8) is 0 Å². The molecule has 0 aliphatic heterocycles. The highest BCUT2D eigenvalue weighted by Gasteiger charge is 2.23. The number of rotatable bonds is 8. The molecule has 2 heterocycles. The van der Waals surface area contributed by atoms with Crippen molar-refractivity contribution in [3.05, 3.63) is 95.9 Å². The van der Waals surface area contributed by atoms with Gasteiger partial charge in [0, 0.05) is 62.6 Å². The lowest BCUT2D eigenvalue weighted by molar-refractivity contribution is 0.0725. The van der Waals surface area contributed by atoms with Crippen molar-refractivity contribution in [2.24, 2.45) is 14.1 Å². The first-order chi connectivity index (χ1) is 16.0. The molecular formula is C27H30N4O2. The van der Waals surface area contributed by atoms with E-state index in [0.717, 1.165) is 16.5 Å². The number of aromatic nitrogens is 2. The SMILES string of the molecule is CN(C(=O)c1cccc2c1ccn2C)[C@H](CCNC(=O)c1cccn1C)Cc1ccccc1. The molecule has 6 heteroatoms. The molecule has 0 radical (unpaired) electrons. The number of carbonyl (C=O) groups is 2. The van der Waals surface area contributed by atoms with E-state index in [0.29, 0.717) is 30.6 Å². The van der Waals surface area contributed by atoms with Crippen LogP contribution >= 0.6 is 0 Å². The number of aryl methyl sites for hydroxylation is 2. The molecule has 6 nitrogen and oxygen atoms in total. The highest BCUT2D eigenvalue weighted by atomic mass is 16.2. The first-order valence-corrected chi connectivity index (χ1v) is 11.2. The lowest BCUT2D eigenvalue weighted by Gasteiger charge is -2.29. The Kier molecular flexibility index (Phi) is 6.63. The second-order valence-electron chi connectivity index (χ2n) is 8.47. The van der Waals surface area contributed by atoms with Crippen LogP contribution in [0.5, 0.6) is 0 Å². The Bertz CT molecular complexity index is 1260. The summed E-state index contributed by atoms with van der Waals surface area (Å²) in [6, 6.07) is 21.6. The summed E-state index contributed by atoms with van der Waals surface area (Å²) in [5, 5.41) is 3.96. The van der Waals surface area contributed by atoms with Gasteiger partial charge in [-0.15, -0.1) is 0 Å². The minimum absolute atomic E-state index is 0.0125. The largest absolute Gasteiger partial charge is 0.351 e. The van der Waals surface area contributed by atoms with Gasteiger partial charge in [-0.3, -0.25) is 9.59 Å². The predicted octanol–water partition coefficient (Wildman–Crippen LogP) is 4.02. The van der Waals surface area contributed by atoms with Gasteiger partial charge in [0.1, 0.15) is 5.69 Å². The van der Waals surface area contributed by atoms with Crippen LogP contribution < -0.4 is 5.32 Å². The molecular weight excluding hydrogens is 412 g/mol. The molecule has 170 valence electrons. The molecule has 4 aromatic rings. The molecule has 1 N–H and O–H groups in total. The Hall–Kier alpha value is -3.80. The highest BCUT2D eigenvalue weighted by Crippen LogP contribution is 2.22.